The van der Waals surface area contributed by atoms with Crippen LogP contribution in [0.2, 0.25) is 0 Å². The number of hydrogen-bond donors (Lipinski definition) is 2. The molecule has 14 atom stereocenters. The van der Waals surface area contributed by atoms with Crippen LogP contribution in [0.3, 0.4) is 0 Å². The predicted octanol–water partition coefficient (Wildman–Crippen LogP) is 5.25. The molecule has 51 heavy (non-hydrogen) atoms. The van der Waals surface area contributed by atoms with Gasteiger partial charge in [0.05, 0.1) is 56.3 Å². The van der Waals surface area contributed by atoms with Gasteiger partial charge in [0.25, 0.3) is 0 Å². The maximum absolute atomic E-state index is 11.3. The lowest BCUT2D eigenvalue weighted by Gasteiger charge is -2.64. The standard InChI is InChI=1S/C41H63N3O7/c1-24-19-26(33(45)37(4,5)46)49-32-31(24)38(6)13-14-41-23-40(41)12-11-29(50-30-20-44(17-18-48-30)25-21-47-22-25)36(2,3)27(40)9-10-28(41)39(38,7)34(32)51-35-42-15-8-16-43-35/h8,15-16,24-34,45-46H,9-14,17-23H2,1-7H3/t24-,26-,27+,28+,29+,30+,31+,32+,33+,34+,38-,39-,40-,41+/m1/s1. The van der Waals surface area contributed by atoms with Crippen molar-refractivity contribution in [2.24, 2.45) is 50.7 Å². The van der Waals surface area contributed by atoms with E-state index in [0.29, 0.717) is 35.2 Å². The molecule has 1 aromatic rings. The first-order valence-electron chi connectivity index (χ1n) is 20.2. The third kappa shape index (κ3) is 4.91. The van der Waals surface area contributed by atoms with E-state index < -0.39 is 17.8 Å². The number of rotatable bonds is 7. The van der Waals surface area contributed by atoms with Crippen molar-refractivity contribution < 1.29 is 33.9 Å². The number of aliphatic hydroxyl groups is 2. The average molecular weight is 710 g/mol. The second kappa shape index (κ2) is 11.8. The van der Waals surface area contributed by atoms with Gasteiger partial charge in [-0.1, -0.05) is 34.6 Å². The van der Waals surface area contributed by atoms with Gasteiger partial charge in [0, 0.05) is 24.4 Å². The Labute approximate surface area is 304 Å². The molecule has 2 spiro atoms. The minimum absolute atomic E-state index is 0.0147. The first-order chi connectivity index (χ1) is 24.2. The van der Waals surface area contributed by atoms with E-state index in [1.807, 2.05) is 6.07 Å². The summed E-state index contributed by atoms with van der Waals surface area (Å²) < 4.78 is 32.8. The fourth-order valence-electron chi connectivity index (χ4n) is 14.5. The minimum atomic E-state index is -1.26. The molecule has 5 aliphatic carbocycles. The molecular weight excluding hydrogens is 646 g/mol. The van der Waals surface area contributed by atoms with Crippen molar-refractivity contribution in [2.75, 3.05) is 32.9 Å². The van der Waals surface area contributed by atoms with Crippen LogP contribution in [0.15, 0.2) is 18.5 Å². The third-order valence-corrected chi connectivity index (χ3v) is 17.1. The first-order valence-corrected chi connectivity index (χ1v) is 20.2. The molecule has 10 nitrogen and oxygen atoms in total. The summed E-state index contributed by atoms with van der Waals surface area (Å²) in [7, 11) is 0. The zero-order chi connectivity index (χ0) is 35.8. The smallest absolute Gasteiger partial charge is 0.316 e. The largest absolute Gasteiger partial charge is 0.457 e. The normalized spacial score (nSPS) is 49.7. The Bertz CT molecular complexity index is 1470. The molecule has 0 radical (unpaired) electrons. The van der Waals surface area contributed by atoms with Crippen molar-refractivity contribution in [2.45, 2.75) is 148 Å². The van der Waals surface area contributed by atoms with Gasteiger partial charge in [0.15, 0.2) is 6.29 Å². The number of aromatic nitrogens is 2. The van der Waals surface area contributed by atoms with Crippen LogP contribution in [-0.4, -0.2) is 106 Å². The van der Waals surface area contributed by atoms with Crippen LogP contribution in [-0.2, 0) is 18.9 Å². The number of hydrogen-bond acceptors (Lipinski definition) is 10. The number of morpholine rings is 1. The lowest BCUT2D eigenvalue weighted by molar-refractivity contribution is -0.256. The summed E-state index contributed by atoms with van der Waals surface area (Å²) in [6.45, 7) is 19.9. The highest BCUT2D eigenvalue weighted by molar-refractivity contribution is 5.33. The van der Waals surface area contributed by atoms with Crippen LogP contribution in [0.25, 0.3) is 0 Å². The SMILES string of the molecule is C[C@@H]1C[C@H]([C@H](O)C(C)(C)O)O[C@H]2[C@H]1[C@@]1(C)CC[C@@]34C[C@@]35CC[C@H](O[C@H]3CN(C6COC6)CCO3)C(C)(C)[C@@H]5CC[C@H]4[C@]1(C)[C@H]2Oc1ncccn1. The Morgan fingerprint density at radius 3 is 2.43 bits per heavy atom. The van der Waals surface area contributed by atoms with Gasteiger partial charge in [-0.2, -0.15) is 0 Å². The summed E-state index contributed by atoms with van der Waals surface area (Å²) in [6.07, 6.45) is 10.7. The summed E-state index contributed by atoms with van der Waals surface area (Å²) in [5, 5.41) is 22.2. The van der Waals surface area contributed by atoms with Crippen molar-refractivity contribution in [1.29, 1.82) is 0 Å². The second-order valence-corrected chi connectivity index (χ2v) is 19.9. The maximum Gasteiger partial charge on any atom is 0.316 e. The molecule has 0 aromatic carbocycles. The number of nitrogens with zero attached hydrogens (tertiary/aromatic N) is 3. The van der Waals surface area contributed by atoms with Crippen molar-refractivity contribution >= 4 is 0 Å². The third-order valence-electron chi connectivity index (χ3n) is 17.1. The zero-order valence-corrected chi connectivity index (χ0v) is 32.1. The van der Waals surface area contributed by atoms with E-state index >= 15 is 0 Å². The van der Waals surface area contributed by atoms with E-state index in [-0.39, 0.29) is 52.2 Å². The molecule has 3 aliphatic heterocycles. The van der Waals surface area contributed by atoms with E-state index in [1.165, 1.54) is 32.1 Å². The van der Waals surface area contributed by atoms with Gasteiger partial charge in [0.2, 0.25) is 0 Å². The fourth-order valence-corrected chi connectivity index (χ4v) is 14.5. The van der Waals surface area contributed by atoms with Gasteiger partial charge < -0.3 is 33.9 Å². The summed E-state index contributed by atoms with van der Waals surface area (Å²) in [5.74, 6) is 1.67. The van der Waals surface area contributed by atoms with Crippen LogP contribution >= 0.6 is 0 Å². The highest BCUT2D eigenvalue weighted by atomic mass is 16.7. The lowest BCUT2D eigenvalue weighted by atomic mass is 9.41. The van der Waals surface area contributed by atoms with Gasteiger partial charge in [-0.25, -0.2) is 9.97 Å². The molecule has 0 bridgehead atoms. The number of aliphatic hydroxyl groups excluding tert-OH is 1. The molecule has 4 heterocycles. The molecule has 8 fully saturated rings. The summed E-state index contributed by atoms with van der Waals surface area (Å²) >= 11 is 0. The van der Waals surface area contributed by atoms with E-state index in [4.69, 9.17) is 23.7 Å². The lowest BCUT2D eigenvalue weighted by Crippen LogP contribution is -2.61. The van der Waals surface area contributed by atoms with Crippen molar-refractivity contribution in [3.63, 3.8) is 0 Å². The van der Waals surface area contributed by atoms with Crippen molar-refractivity contribution in [3.05, 3.63) is 18.5 Å². The Kier molecular flexibility index (Phi) is 8.17. The fraction of sp³-hybridized carbons (Fsp3) is 0.902. The van der Waals surface area contributed by atoms with Gasteiger partial charge >= 0.3 is 6.01 Å². The number of fused-ring (bicyclic) bond motifs is 4. The zero-order valence-electron chi connectivity index (χ0n) is 32.1. The van der Waals surface area contributed by atoms with Gasteiger partial charge in [0.1, 0.15) is 12.2 Å². The molecule has 9 rings (SSSR count). The molecule has 0 unspecified atom stereocenters. The Morgan fingerprint density at radius 2 is 1.73 bits per heavy atom. The van der Waals surface area contributed by atoms with Gasteiger partial charge in [-0.05, 0) is 117 Å². The van der Waals surface area contributed by atoms with Crippen molar-refractivity contribution in [1.82, 2.24) is 14.9 Å². The Morgan fingerprint density at radius 1 is 1.00 bits per heavy atom. The number of ether oxygens (including phenoxy) is 5. The van der Waals surface area contributed by atoms with E-state index in [0.717, 1.165) is 52.2 Å². The van der Waals surface area contributed by atoms with E-state index in [9.17, 15) is 10.2 Å². The van der Waals surface area contributed by atoms with E-state index in [1.54, 1.807) is 26.2 Å². The minimum Gasteiger partial charge on any atom is -0.457 e. The molecule has 8 aliphatic rings. The van der Waals surface area contributed by atoms with Crippen LogP contribution < -0.4 is 4.74 Å². The molecule has 5 saturated carbocycles. The highest BCUT2D eigenvalue weighted by Crippen LogP contribution is 2.89. The van der Waals surface area contributed by atoms with Crippen LogP contribution in [0, 0.1) is 50.7 Å². The molecule has 2 N–H and O–H groups in total. The molecule has 3 saturated heterocycles. The molecule has 1 aromatic heterocycles. The average Bonchev–Trinajstić information content (AvgIpc) is 3.68. The topological polar surface area (TPSA) is 116 Å². The van der Waals surface area contributed by atoms with Crippen molar-refractivity contribution in [3.8, 4) is 6.01 Å². The second-order valence-electron chi connectivity index (χ2n) is 19.9. The highest BCUT2D eigenvalue weighted by Gasteiger charge is 2.85. The quantitative estimate of drug-likeness (QED) is 0.389. The monoisotopic (exact) mass is 709 g/mol. The molecule has 284 valence electrons. The van der Waals surface area contributed by atoms with Gasteiger partial charge in [-0.15, -0.1) is 0 Å². The van der Waals surface area contributed by atoms with Crippen LogP contribution in [0.5, 0.6) is 6.01 Å². The Hall–Kier alpha value is -1.40. The van der Waals surface area contributed by atoms with E-state index in [2.05, 4.69) is 49.5 Å². The van der Waals surface area contributed by atoms with Crippen LogP contribution in [0.1, 0.15) is 99.8 Å². The van der Waals surface area contributed by atoms with Crippen LogP contribution in [0.4, 0.5) is 0 Å². The summed E-state index contributed by atoms with van der Waals surface area (Å²) in [4.78, 5) is 11.6. The molecular formula is C41H63N3O7. The van der Waals surface area contributed by atoms with Gasteiger partial charge in [-0.3, -0.25) is 4.90 Å². The molecule has 10 heteroatoms. The Balaban J connectivity index is 1.02. The maximum atomic E-state index is 11.3. The molecule has 0 amide bonds. The first kappa shape index (κ1) is 35.3. The predicted molar refractivity (Wildman–Crippen MR) is 190 cm³/mol. The summed E-state index contributed by atoms with van der Waals surface area (Å²) in [6, 6.07) is 2.74. The summed E-state index contributed by atoms with van der Waals surface area (Å²) in [5.41, 5.74) is -0.814.